The van der Waals surface area contributed by atoms with Crippen LogP contribution in [0.15, 0.2) is 0 Å². The summed E-state index contributed by atoms with van der Waals surface area (Å²) in [5.74, 6) is -1.38. The predicted octanol–water partition coefficient (Wildman–Crippen LogP) is 0.976. The molecule has 0 aliphatic rings. The van der Waals surface area contributed by atoms with Gasteiger partial charge in [0.1, 0.15) is 0 Å². The number of rotatable bonds is 2. The van der Waals surface area contributed by atoms with E-state index in [2.05, 4.69) is 4.74 Å². The van der Waals surface area contributed by atoms with Gasteiger partial charge in [-0.1, -0.05) is 11.6 Å². The Morgan fingerprint density at radius 1 is 2.00 bits per heavy atom. The molecule has 0 saturated carbocycles. The average Bonchev–Trinajstić information content (AvgIpc) is 1.35. The van der Waals surface area contributed by atoms with E-state index in [4.69, 9.17) is 11.6 Å². The van der Waals surface area contributed by atoms with Crippen LogP contribution in [0, 0.1) is 0 Å². The molecule has 0 aromatic rings. The van der Waals surface area contributed by atoms with Crippen molar-refractivity contribution in [1.29, 1.82) is 0 Å². The van der Waals surface area contributed by atoms with Gasteiger partial charge in [0, 0.05) is 6.61 Å². The highest BCUT2D eigenvalue weighted by molar-refractivity contribution is 6.18. The zero-order chi connectivity index (χ0) is 4.99. The van der Waals surface area contributed by atoms with E-state index in [1.54, 1.807) is 6.92 Å². The van der Waals surface area contributed by atoms with Gasteiger partial charge in [0.2, 0.25) is 0 Å². The molecule has 0 heterocycles. The normalized spacial score (nSPS) is 14.5. The first-order chi connectivity index (χ1) is 2.77. The second kappa shape index (κ2) is 3.40. The number of hydrogen-bond donors (Lipinski definition) is 0. The lowest BCUT2D eigenvalue weighted by atomic mass is 10.9. The minimum Gasteiger partial charge on any atom is -0.338 e. The second-order valence-corrected chi connectivity index (χ2v) is 1.09. The fourth-order valence-corrected chi connectivity index (χ4v) is 0.257. The molecule has 0 aliphatic carbocycles. The van der Waals surface area contributed by atoms with E-state index in [0.29, 0.717) is 6.61 Å². The summed E-state index contributed by atoms with van der Waals surface area (Å²) in [5.41, 5.74) is 0. The highest BCUT2D eigenvalue weighted by atomic mass is 35.5. The minimum atomic E-state index is -1.38. The zero-order valence-electron chi connectivity index (χ0n) is 3.48. The molecular weight excluding hydrogens is 103 g/mol. The van der Waals surface area contributed by atoms with Crippen molar-refractivity contribution >= 4 is 11.6 Å². The standard InChI is InChI=1S/C3H6ClO2/c1-2-6-3(4)5/h3H,2H2,1H3. The molecule has 1 atom stereocenters. The summed E-state index contributed by atoms with van der Waals surface area (Å²) in [7, 11) is 0. The first-order valence-corrected chi connectivity index (χ1v) is 2.12. The summed E-state index contributed by atoms with van der Waals surface area (Å²) < 4.78 is 4.25. The van der Waals surface area contributed by atoms with Gasteiger partial charge < -0.3 is 4.74 Å². The van der Waals surface area contributed by atoms with Crippen LogP contribution in [0.2, 0.25) is 0 Å². The summed E-state index contributed by atoms with van der Waals surface area (Å²) in [6, 6.07) is 0. The van der Waals surface area contributed by atoms with Crippen LogP contribution in [0.3, 0.4) is 0 Å². The van der Waals surface area contributed by atoms with Crippen molar-refractivity contribution in [2.24, 2.45) is 0 Å². The van der Waals surface area contributed by atoms with Crippen molar-refractivity contribution in [1.82, 2.24) is 0 Å². The van der Waals surface area contributed by atoms with Gasteiger partial charge in [-0.05, 0) is 6.92 Å². The Kier molecular flexibility index (Phi) is 3.52. The van der Waals surface area contributed by atoms with Gasteiger partial charge in [-0.15, -0.1) is 0 Å². The molecule has 0 fully saturated rings. The molecule has 0 aliphatic heterocycles. The first-order valence-electron chi connectivity index (χ1n) is 1.69. The smallest absolute Gasteiger partial charge is 0.268 e. The van der Waals surface area contributed by atoms with Crippen molar-refractivity contribution in [3.8, 4) is 0 Å². The molecule has 0 rings (SSSR count). The van der Waals surface area contributed by atoms with Gasteiger partial charge in [-0.25, -0.2) is 0 Å². The van der Waals surface area contributed by atoms with Gasteiger partial charge in [0.25, 0.3) is 5.75 Å². The molecule has 37 valence electrons. The van der Waals surface area contributed by atoms with E-state index in [9.17, 15) is 5.11 Å². The van der Waals surface area contributed by atoms with Crippen molar-refractivity contribution in [2.45, 2.75) is 12.7 Å². The zero-order valence-corrected chi connectivity index (χ0v) is 4.23. The Morgan fingerprint density at radius 3 is 2.50 bits per heavy atom. The lowest BCUT2D eigenvalue weighted by Crippen LogP contribution is -1.98. The first kappa shape index (κ1) is 6.21. The fraction of sp³-hybridized carbons (Fsp3) is 1.00. The third-order valence-electron chi connectivity index (χ3n) is 0.298. The van der Waals surface area contributed by atoms with Crippen LogP contribution in [0.4, 0.5) is 0 Å². The van der Waals surface area contributed by atoms with Crippen LogP contribution in [0.25, 0.3) is 0 Å². The maximum absolute atomic E-state index is 9.67. The van der Waals surface area contributed by atoms with Crippen molar-refractivity contribution < 1.29 is 9.84 Å². The molecule has 0 amide bonds. The number of alkyl halides is 1. The van der Waals surface area contributed by atoms with Crippen LogP contribution in [-0.2, 0) is 9.84 Å². The molecule has 0 spiro atoms. The maximum atomic E-state index is 9.67. The van der Waals surface area contributed by atoms with Crippen molar-refractivity contribution in [2.75, 3.05) is 6.61 Å². The number of halogens is 1. The summed E-state index contributed by atoms with van der Waals surface area (Å²) in [6.45, 7) is 2.10. The van der Waals surface area contributed by atoms with Gasteiger partial charge in [-0.2, -0.15) is 5.11 Å². The van der Waals surface area contributed by atoms with Gasteiger partial charge in [-0.3, -0.25) is 0 Å². The average molecular weight is 110 g/mol. The van der Waals surface area contributed by atoms with Gasteiger partial charge in [0.15, 0.2) is 0 Å². The summed E-state index contributed by atoms with van der Waals surface area (Å²) in [5, 5.41) is 9.67. The highest BCUT2D eigenvalue weighted by Gasteiger charge is 1.92. The van der Waals surface area contributed by atoms with E-state index >= 15 is 0 Å². The molecule has 1 unspecified atom stereocenters. The quantitative estimate of drug-likeness (QED) is 0.384. The SMILES string of the molecule is CCOC([O])Cl. The van der Waals surface area contributed by atoms with E-state index in [1.165, 1.54) is 0 Å². The third-order valence-corrected chi connectivity index (χ3v) is 0.424. The van der Waals surface area contributed by atoms with Crippen LogP contribution in [0.5, 0.6) is 0 Å². The molecular formula is C3H6ClO2. The summed E-state index contributed by atoms with van der Waals surface area (Å²) >= 11 is 4.80. The second-order valence-electron chi connectivity index (χ2n) is 0.730. The molecule has 0 saturated heterocycles. The van der Waals surface area contributed by atoms with E-state index in [0.717, 1.165) is 0 Å². The van der Waals surface area contributed by atoms with E-state index in [-0.39, 0.29) is 0 Å². The lowest BCUT2D eigenvalue weighted by Gasteiger charge is -1.93. The molecule has 2 nitrogen and oxygen atoms in total. The molecule has 0 aromatic heterocycles. The van der Waals surface area contributed by atoms with E-state index < -0.39 is 5.75 Å². The minimum absolute atomic E-state index is 0.387. The summed E-state index contributed by atoms with van der Waals surface area (Å²) in [6.07, 6.45) is 0. The monoisotopic (exact) mass is 109 g/mol. The largest absolute Gasteiger partial charge is 0.338 e. The highest BCUT2D eigenvalue weighted by Crippen LogP contribution is 1.89. The lowest BCUT2D eigenvalue weighted by molar-refractivity contribution is -0.0759. The van der Waals surface area contributed by atoms with Crippen LogP contribution in [-0.4, -0.2) is 12.4 Å². The topological polar surface area (TPSA) is 29.1 Å². The third kappa shape index (κ3) is 4.21. The Balaban J connectivity index is 2.63. The Hall–Kier alpha value is 0.210. The Bertz CT molecular complexity index is 30.0. The van der Waals surface area contributed by atoms with Gasteiger partial charge in [0.05, 0.1) is 0 Å². The molecule has 0 aromatic carbocycles. The molecule has 0 bridgehead atoms. The number of ether oxygens (including phenoxy) is 1. The Morgan fingerprint density at radius 2 is 2.50 bits per heavy atom. The predicted molar refractivity (Wildman–Crippen MR) is 22.0 cm³/mol. The molecule has 6 heavy (non-hydrogen) atoms. The maximum Gasteiger partial charge on any atom is 0.268 e. The fourth-order valence-electron chi connectivity index (χ4n) is 0.131. The molecule has 1 radical (unpaired) electrons. The molecule has 3 heteroatoms. The van der Waals surface area contributed by atoms with Crippen LogP contribution < -0.4 is 0 Å². The molecule has 0 N–H and O–H groups in total. The van der Waals surface area contributed by atoms with Crippen LogP contribution in [0.1, 0.15) is 6.92 Å². The summed E-state index contributed by atoms with van der Waals surface area (Å²) in [4.78, 5) is 0. The number of hydrogen-bond acceptors (Lipinski definition) is 1. The van der Waals surface area contributed by atoms with Crippen LogP contribution >= 0.6 is 11.6 Å². The van der Waals surface area contributed by atoms with Crippen molar-refractivity contribution in [3.05, 3.63) is 0 Å². The Labute approximate surface area is 41.7 Å². The van der Waals surface area contributed by atoms with Crippen molar-refractivity contribution in [3.63, 3.8) is 0 Å². The van der Waals surface area contributed by atoms with E-state index in [1.807, 2.05) is 0 Å². The van der Waals surface area contributed by atoms with Gasteiger partial charge >= 0.3 is 0 Å².